The number of sulfone groups is 2. The molecule has 0 atom stereocenters. The Balaban J connectivity index is 2.30. The van der Waals surface area contributed by atoms with Gasteiger partial charge in [0.2, 0.25) is 30.1 Å². The van der Waals surface area contributed by atoms with Crippen LogP contribution in [-0.2, 0) is 29.3 Å². The summed E-state index contributed by atoms with van der Waals surface area (Å²) in [4.78, 5) is 24.2. The minimum absolute atomic E-state index is 0.770. The number of para-hydroxylation sites is 2. The van der Waals surface area contributed by atoms with E-state index in [1.54, 1.807) is 0 Å². The van der Waals surface area contributed by atoms with Crippen molar-refractivity contribution in [1.29, 1.82) is 0 Å². The van der Waals surface area contributed by atoms with E-state index in [0.717, 1.165) is 48.5 Å². The Bertz CT molecular complexity index is 1620. The van der Waals surface area contributed by atoms with Crippen LogP contribution in [0.3, 0.4) is 0 Å². The van der Waals surface area contributed by atoms with Crippen LogP contribution in [0.5, 0.6) is 11.5 Å². The van der Waals surface area contributed by atoms with Gasteiger partial charge in [0, 0.05) is 0 Å². The normalized spacial score (nSPS) is 12.7. The van der Waals surface area contributed by atoms with Gasteiger partial charge in [0.1, 0.15) is 11.5 Å². The molecule has 0 unspecified atom stereocenters. The third-order valence-electron chi connectivity index (χ3n) is 5.14. The number of benzene rings is 3. The number of carbonyl (C=O) groups is 2. The van der Waals surface area contributed by atoms with Gasteiger partial charge in [-0.3, -0.25) is 0 Å². The first-order valence-corrected chi connectivity index (χ1v) is 13.7. The van der Waals surface area contributed by atoms with Crippen molar-refractivity contribution in [2.75, 3.05) is 0 Å². The van der Waals surface area contributed by atoms with Crippen molar-refractivity contribution in [1.82, 2.24) is 0 Å². The lowest BCUT2D eigenvalue weighted by Crippen LogP contribution is -2.51. The van der Waals surface area contributed by atoms with Crippen LogP contribution in [0.1, 0.15) is 10.1 Å². The standard InChI is InChI=1S/C23H11F9O8S2/c24-14-13(15(25)17(27)18(28)16(14)26)19(41(35,36)22(29,30)20(33)39-11-7-3-1-4-8-11)42(37,38)23(31,32)21(34)40-12-9-5-2-6-10-12/h1-10,19H. The van der Waals surface area contributed by atoms with E-state index in [2.05, 4.69) is 9.47 Å². The molecular weight excluding hydrogens is 639 g/mol. The molecule has 0 bridgehead atoms. The van der Waals surface area contributed by atoms with Crippen molar-refractivity contribution < 1.29 is 75.4 Å². The van der Waals surface area contributed by atoms with Gasteiger partial charge in [0.05, 0.1) is 5.56 Å². The lowest BCUT2D eigenvalue weighted by molar-refractivity contribution is -0.151. The van der Waals surface area contributed by atoms with Crippen LogP contribution in [-0.4, -0.2) is 39.3 Å². The maximum atomic E-state index is 15.0. The van der Waals surface area contributed by atoms with E-state index in [1.807, 2.05) is 0 Å². The molecule has 0 spiro atoms. The van der Waals surface area contributed by atoms with Gasteiger partial charge < -0.3 is 9.47 Å². The first kappa shape index (κ1) is 32.4. The second-order valence-electron chi connectivity index (χ2n) is 7.84. The van der Waals surface area contributed by atoms with Crippen LogP contribution < -0.4 is 9.47 Å². The summed E-state index contributed by atoms with van der Waals surface area (Å²) in [5.74, 6) is -24.5. The molecule has 0 radical (unpaired) electrons. The summed E-state index contributed by atoms with van der Waals surface area (Å²) in [5.41, 5.74) is -3.27. The Hall–Kier alpha value is -4.13. The van der Waals surface area contributed by atoms with Gasteiger partial charge in [-0.05, 0) is 24.3 Å². The predicted octanol–water partition coefficient (Wildman–Crippen LogP) is 4.61. The zero-order valence-corrected chi connectivity index (χ0v) is 21.5. The average molecular weight is 650 g/mol. The molecule has 3 aromatic carbocycles. The molecule has 226 valence electrons. The Morgan fingerprint density at radius 2 is 0.833 bits per heavy atom. The topological polar surface area (TPSA) is 121 Å². The third kappa shape index (κ3) is 5.40. The molecule has 19 heteroatoms. The summed E-state index contributed by atoms with van der Waals surface area (Å²) in [6, 6.07) is 9.78. The minimum Gasteiger partial charge on any atom is -0.421 e. The quantitative estimate of drug-likeness (QED) is 0.108. The van der Waals surface area contributed by atoms with Crippen LogP contribution in [0.4, 0.5) is 39.5 Å². The number of esters is 2. The Morgan fingerprint density at radius 1 is 0.548 bits per heavy atom. The SMILES string of the molecule is O=C(Oc1ccccc1)C(F)(F)S(=O)(=O)C(c1c(F)c(F)c(F)c(F)c1F)S(=O)(=O)C(F)(F)C(=O)Oc1ccccc1. The number of rotatable bonds is 9. The highest BCUT2D eigenvalue weighted by Crippen LogP contribution is 2.47. The summed E-state index contributed by atoms with van der Waals surface area (Å²) < 4.78 is 185. The molecule has 3 aromatic rings. The van der Waals surface area contributed by atoms with E-state index < -0.39 is 92.9 Å². The number of ether oxygens (including phenoxy) is 2. The average Bonchev–Trinajstić information content (AvgIpc) is 2.93. The van der Waals surface area contributed by atoms with Gasteiger partial charge in [0.25, 0.3) is 0 Å². The zero-order valence-electron chi connectivity index (χ0n) is 19.8. The van der Waals surface area contributed by atoms with Crippen LogP contribution in [0.15, 0.2) is 60.7 Å². The van der Waals surface area contributed by atoms with Crippen LogP contribution in [0.2, 0.25) is 0 Å². The van der Waals surface area contributed by atoms with Crippen molar-refractivity contribution in [2.24, 2.45) is 0 Å². The molecule has 0 aromatic heterocycles. The van der Waals surface area contributed by atoms with E-state index in [0.29, 0.717) is 0 Å². The number of hydrogen-bond acceptors (Lipinski definition) is 8. The molecule has 0 saturated carbocycles. The summed E-state index contributed by atoms with van der Waals surface area (Å²) in [5, 5.41) is -12.7. The van der Waals surface area contributed by atoms with E-state index in [1.165, 1.54) is 12.1 Å². The fraction of sp³-hybridized carbons (Fsp3) is 0.130. The highest BCUT2D eigenvalue weighted by molar-refractivity contribution is 8.10. The first-order valence-electron chi connectivity index (χ1n) is 10.6. The molecule has 0 fully saturated rings. The molecule has 0 heterocycles. The molecule has 0 aliphatic carbocycles. The van der Waals surface area contributed by atoms with Crippen LogP contribution >= 0.6 is 0 Å². The van der Waals surface area contributed by atoms with Gasteiger partial charge in [-0.2, -0.15) is 17.6 Å². The molecule has 0 N–H and O–H groups in total. The molecule has 42 heavy (non-hydrogen) atoms. The Kier molecular flexibility index (Phi) is 8.69. The molecular formula is C23H11F9O8S2. The zero-order chi connectivity index (χ0) is 31.8. The monoisotopic (exact) mass is 650 g/mol. The number of hydrogen-bond donors (Lipinski definition) is 0. The van der Waals surface area contributed by atoms with E-state index in [-0.39, 0.29) is 0 Å². The van der Waals surface area contributed by atoms with Crippen molar-refractivity contribution in [3.8, 4) is 11.5 Å². The molecule has 0 aliphatic rings. The summed E-state index contributed by atoms with van der Waals surface area (Å²) in [6.45, 7) is 0. The summed E-state index contributed by atoms with van der Waals surface area (Å²) in [7, 11) is -15.5. The van der Waals surface area contributed by atoms with Gasteiger partial charge in [-0.15, -0.1) is 0 Å². The van der Waals surface area contributed by atoms with Crippen molar-refractivity contribution in [2.45, 2.75) is 15.1 Å². The largest absolute Gasteiger partial charge is 0.442 e. The number of carbonyl (C=O) groups excluding carboxylic acids is 2. The molecule has 0 amide bonds. The second-order valence-corrected chi connectivity index (χ2v) is 12.3. The van der Waals surface area contributed by atoms with Gasteiger partial charge >= 0.3 is 22.4 Å². The Morgan fingerprint density at radius 3 is 1.14 bits per heavy atom. The fourth-order valence-corrected chi connectivity index (χ4v) is 7.30. The summed E-state index contributed by atoms with van der Waals surface area (Å²) in [6.07, 6.45) is 0. The maximum absolute atomic E-state index is 15.0. The van der Waals surface area contributed by atoms with Crippen molar-refractivity contribution >= 4 is 31.6 Å². The maximum Gasteiger partial charge on any atom is 0.442 e. The highest BCUT2D eigenvalue weighted by Gasteiger charge is 2.69. The molecule has 8 nitrogen and oxygen atoms in total. The van der Waals surface area contributed by atoms with Gasteiger partial charge in [-0.25, -0.2) is 48.4 Å². The molecule has 0 aliphatic heterocycles. The van der Waals surface area contributed by atoms with Gasteiger partial charge in [0.15, 0.2) is 23.3 Å². The lowest BCUT2D eigenvalue weighted by atomic mass is 10.2. The molecule has 0 saturated heterocycles. The van der Waals surface area contributed by atoms with E-state index in [4.69, 9.17) is 0 Å². The lowest BCUT2D eigenvalue weighted by Gasteiger charge is -2.26. The van der Waals surface area contributed by atoms with Gasteiger partial charge in [-0.1, -0.05) is 36.4 Å². The second kappa shape index (κ2) is 11.3. The van der Waals surface area contributed by atoms with Crippen molar-refractivity contribution in [3.63, 3.8) is 0 Å². The predicted molar refractivity (Wildman–Crippen MR) is 121 cm³/mol. The Labute approximate surface area is 229 Å². The third-order valence-corrected chi connectivity index (χ3v) is 10.0. The summed E-state index contributed by atoms with van der Waals surface area (Å²) >= 11 is 0. The fourth-order valence-electron chi connectivity index (χ4n) is 3.12. The van der Waals surface area contributed by atoms with Crippen LogP contribution in [0.25, 0.3) is 0 Å². The first-order chi connectivity index (χ1) is 19.3. The minimum atomic E-state index is -7.73. The van der Waals surface area contributed by atoms with Crippen molar-refractivity contribution in [3.05, 3.63) is 95.3 Å². The van der Waals surface area contributed by atoms with E-state index >= 15 is 17.6 Å². The molecule has 3 rings (SSSR count). The number of halogens is 9. The van der Waals surface area contributed by atoms with E-state index in [9.17, 15) is 48.4 Å². The highest BCUT2D eigenvalue weighted by atomic mass is 32.3. The smallest absolute Gasteiger partial charge is 0.421 e. The van der Waals surface area contributed by atoms with Crippen LogP contribution in [0, 0.1) is 29.1 Å². The number of alkyl halides is 4.